The van der Waals surface area contributed by atoms with E-state index in [4.69, 9.17) is 17.0 Å². The summed E-state index contributed by atoms with van der Waals surface area (Å²) in [5, 5.41) is 7.72. The van der Waals surface area contributed by atoms with Crippen LogP contribution in [0.3, 0.4) is 0 Å². The number of piperazine rings is 1. The fourth-order valence-electron chi connectivity index (χ4n) is 3.15. The number of ether oxygens (including phenoxy) is 1. The predicted octanol–water partition coefficient (Wildman–Crippen LogP) is 0.774. The Labute approximate surface area is 166 Å². The van der Waals surface area contributed by atoms with Crippen LogP contribution in [0.15, 0.2) is 23.3 Å². The van der Waals surface area contributed by atoms with Crippen molar-refractivity contribution in [3.05, 3.63) is 29.6 Å². The summed E-state index contributed by atoms with van der Waals surface area (Å²) in [7, 11) is 1.64. The summed E-state index contributed by atoms with van der Waals surface area (Å²) in [5.74, 6) is -0.212. The number of rotatable bonds is 7. The highest BCUT2D eigenvalue weighted by molar-refractivity contribution is 7.80. The van der Waals surface area contributed by atoms with Gasteiger partial charge >= 0.3 is 0 Å². The second kappa shape index (κ2) is 10.5. The van der Waals surface area contributed by atoms with Gasteiger partial charge in [-0.3, -0.25) is 5.43 Å². The van der Waals surface area contributed by atoms with Crippen molar-refractivity contribution >= 4 is 28.7 Å². The Balaban J connectivity index is 1.96. The van der Waals surface area contributed by atoms with Crippen LogP contribution in [-0.2, 0) is 4.74 Å². The van der Waals surface area contributed by atoms with Crippen molar-refractivity contribution in [2.45, 2.75) is 26.8 Å². The molecule has 1 heterocycles. The number of anilines is 1. The molecule has 0 spiro atoms. The number of nitrogens with one attached hydrogen (secondary N) is 3. The molecule has 150 valence electrons. The molecular formula is C19H31FN5OS+. The normalized spacial score (nSPS) is 16.9. The van der Waals surface area contributed by atoms with Crippen LogP contribution in [0.5, 0.6) is 0 Å². The highest BCUT2D eigenvalue weighted by Crippen LogP contribution is 2.21. The van der Waals surface area contributed by atoms with Crippen molar-refractivity contribution in [2.75, 3.05) is 51.3 Å². The van der Waals surface area contributed by atoms with E-state index < -0.39 is 0 Å². The van der Waals surface area contributed by atoms with E-state index in [0.29, 0.717) is 23.1 Å². The third-order valence-corrected chi connectivity index (χ3v) is 5.01. The first-order valence-electron chi connectivity index (χ1n) is 9.42. The van der Waals surface area contributed by atoms with E-state index in [9.17, 15) is 4.39 Å². The minimum Gasteiger partial charge on any atom is -0.383 e. The fraction of sp³-hybridized carbons (Fsp3) is 0.579. The van der Waals surface area contributed by atoms with E-state index in [1.165, 1.54) is 0 Å². The Hall–Kier alpha value is -1.77. The van der Waals surface area contributed by atoms with Gasteiger partial charge in [0.25, 0.3) is 0 Å². The van der Waals surface area contributed by atoms with Crippen LogP contribution < -0.4 is 20.5 Å². The quantitative estimate of drug-likeness (QED) is 0.361. The molecule has 0 aromatic heterocycles. The molecule has 1 aromatic rings. The average Bonchev–Trinajstić information content (AvgIpc) is 2.66. The lowest BCUT2D eigenvalue weighted by Crippen LogP contribution is -3.14. The van der Waals surface area contributed by atoms with Crippen molar-refractivity contribution in [2.24, 2.45) is 5.10 Å². The number of methoxy groups -OCH3 is 1. The predicted molar refractivity (Wildman–Crippen MR) is 112 cm³/mol. The summed E-state index contributed by atoms with van der Waals surface area (Å²) in [6, 6.07) is 5.37. The van der Waals surface area contributed by atoms with E-state index in [-0.39, 0.29) is 11.9 Å². The SMILES string of the molecule is CC[NH+]1CCN(c2ccc(/C(C)=N\NC(=S)N[C@H](C)COC)cc2F)CC1. The topological polar surface area (TPSA) is 53.3 Å². The zero-order chi connectivity index (χ0) is 19.8. The number of hydrogen-bond acceptors (Lipinski definition) is 4. The summed E-state index contributed by atoms with van der Waals surface area (Å²) < 4.78 is 19.7. The van der Waals surface area contributed by atoms with Crippen molar-refractivity contribution in [3.63, 3.8) is 0 Å². The Morgan fingerprint density at radius 2 is 2.11 bits per heavy atom. The lowest BCUT2D eigenvalue weighted by atomic mass is 10.1. The first kappa shape index (κ1) is 21.5. The first-order chi connectivity index (χ1) is 12.9. The van der Waals surface area contributed by atoms with Crippen molar-refractivity contribution in [3.8, 4) is 0 Å². The van der Waals surface area contributed by atoms with Gasteiger partial charge in [0.1, 0.15) is 5.82 Å². The number of nitrogens with zero attached hydrogens (tertiary/aromatic N) is 2. The van der Waals surface area contributed by atoms with Gasteiger partial charge in [0.2, 0.25) is 0 Å². The molecule has 8 heteroatoms. The first-order valence-corrected chi connectivity index (χ1v) is 9.83. The number of likely N-dealkylation sites (N-methyl/N-ethyl adjacent to an activating group) is 1. The summed E-state index contributed by atoms with van der Waals surface area (Å²) in [6.45, 7) is 11.5. The molecule has 0 bridgehead atoms. The Kier molecular flexibility index (Phi) is 8.40. The molecule has 27 heavy (non-hydrogen) atoms. The Morgan fingerprint density at radius 3 is 2.70 bits per heavy atom. The molecular weight excluding hydrogens is 365 g/mol. The lowest BCUT2D eigenvalue weighted by Gasteiger charge is -2.33. The molecule has 0 amide bonds. The van der Waals surface area contributed by atoms with E-state index in [1.807, 2.05) is 26.0 Å². The molecule has 0 saturated carbocycles. The minimum atomic E-state index is -0.212. The number of thiocarbonyl (C=S) groups is 1. The van der Waals surface area contributed by atoms with Crippen molar-refractivity contribution in [1.29, 1.82) is 0 Å². The van der Waals surface area contributed by atoms with Gasteiger partial charge in [-0.05, 0) is 45.1 Å². The maximum absolute atomic E-state index is 14.7. The van der Waals surface area contributed by atoms with Crippen LogP contribution in [0, 0.1) is 5.82 Å². The van der Waals surface area contributed by atoms with Crippen LogP contribution in [-0.4, -0.2) is 63.3 Å². The van der Waals surface area contributed by atoms with Gasteiger partial charge in [0.15, 0.2) is 5.11 Å². The zero-order valence-corrected chi connectivity index (χ0v) is 17.5. The summed E-state index contributed by atoms with van der Waals surface area (Å²) >= 11 is 5.20. The minimum absolute atomic E-state index is 0.0808. The number of benzene rings is 1. The number of quaternary nitrogens is 1. The average molecular weight is 397 g/mol. The second-order valence-corrected chi connectivity index (χ2v) is 7.30. The van der Waals surface area contributed by atoms with E-state index in [2.05, 4.69) is 27.7 Å². The zero-order valence-electron chi connectivity index (χ0n) is 16.6. The molecule has 1 aliphatic heterocycles. The molecule has 0 radical (unpaired) electrons. The highest BCUT2D eigenvalue weighted by atomic mass is 32.1. The molecule has 1 aromatic carbocycles. The molecule has 3 N–H and O–H groups in total. The van der Waals surface area contributed by atoms with Gasteiger partial charge in [-0.2, -0.15) is 5.10 Å². The lowest BCUT2D eigenvalue weighted by molar-refractivity contribution is -0.898. The summed E-state index contributed by atoms with van der Waals surface area (Å²) in [4.78, 5) is 3.70. The highest BCUT2D eigenvalue weighted by Gasteiger charge is 2.21. The molecule has 1 aliphatic rings. The van der Waals surface area contributed by atoms with Crippen LogP contribution >= 0.6 is 12.2 Å². The van der Waals surface area contributed by atoms with Crippen LogP contribution in [0.4, 0.5) is 10.1 Å². The second-order valence-electron chi connectivity index (χ2n) is 6.90. The Bertz CT molecular complexity index is 662. The van der Waals surface area contributed by atoms with Gasteiger partial charge in [-0.25, -0.2) is 4.39 Å². The van der Waals surface area contributed by atoms with E-state index in [0.717, 1.165) is 38.3 Å². The molecule has 6 nitrogen and oxygen atoms in total. The van der Waals surface area contributed by atoms with Gasteiger partial charge < -0.3 is 19.9 Å². The van der Waals surface area contributed by atoms with Crippen LogP contribution in [0.1, 0.15) is 26.3 Å². The van der Waals surface area contributed by atoms with Crippen molar-refractivity contribution in [1.82, 2.24) is 10.7 Å². The molecule has 2 rings (SSSR count). The van der Waals surface area contributed by atoms with Gasteiger partial charge in [-0.1, -0.05) is 6.07 Å². The fourth-order valence-corrected chi connectivity index (χ4v) is 3.40. The number of halogens is 1. The standard InChI is InChI=1S/C19H30FN5OS/c1-5-24-8-10-25(11-9-24)18-7-6-16(12-17(18)20)15(3)22-23-19(27)21-14(2)13-26-4/h6-7,12,14H,5,8-11,13H2,1-4H3,(H2,21,23,27)/p+1/b22-15-/t14-/m1/s1. The van der Waals surface area contributed by atoms with Crippen molar-refractivity contribution < 1.29 is 14.0 Å². The molecule has 0 unspecified atom stereocenters. The maximum atomic E-state index is 14.7. The molecule has 1 atom stereocenters. The molecule has 1 saturated heterocycles. The van der Waals surface area contributed by atoms with Gasteiger partial charge in [-0.15, -0.1) is 0 Å². The van der Waals surface area contributed by atoms with Crippen LogP contribution in [0.25, 0.3) is 0 Å². The van der Waals surface area contributed by atoms with E-state index >= 15 is 0 Å². The smallest absolute Gasteiger partial charge is 0.187 e. The van der Waals surface area contributed by atoms with E-state index in [1.54, 1.807) is 18.1 Å². The van der Waals surface area contributed by atoms with Gasteiger partial charge in [0.05, 0.1) is 50.7 Å². The maximum Gasteiger partial charge on any atom is 0.187 e. The summed E-state index contributed by atoms with van der Waals surface area (Å²) in [6.07, 6.45) is 0. The molecule has 0 aliphatic carbocycles. The monoisotopic (exact) mass is 396 g/mol. The third-order valence-electron chi connectivity index (χ3n) is 4.80. The molecule has 1 fully saturated rings. The number of hydrazone groups is 1. The largest absolute Gasteiger partial charge is 0.383 e. The summed E-state index contributed by atoms with van der Waals surface area (Å²) in [5.41, 5.74) is 4.86. The van der Waals surface area contributed by atoms with Crippen LogP contribution in [0.2, 0.25) is 0 Å². The van der Waals surface area contributed by atoms with Gasteiger partial charge in [0, 0.05) is 18.7 Å². The number of hydrogen-bond donors (Lipinski definition) is 3. The third kappa shape index (κ3) is 6.41. The Morgan fingerprint density at radius 1 is 1.41 bits per heavy atom.